The molecule has 0 atom stereocenters. The van der Waals surface area contributed by atoms with Gasteiger partial charge in [-0.2, -0.15) is 0 Å². The van der Waals surface area contributed by atoms with Crippen LogP contribution in [-0.4, -0.2) is 17.9 Å². The van der Waals surface area contributed by atoms with Crippen LogP contribution in [0, 0.1) is 0 Å². The molecule has 0 fully saturated rings. The Balaban J connectivity index is 4.45. The summed E-state index contributed by atoms with van der Waals surface area (Å²) in [5.74, 6) is 0. The molecular weight excluding hydrogens is 222 g/mol. The largest absolute Gasteiger partial charge is 0.317 e. The first-order valence-electron chi connectivity index (χ1n) is 6.27. The zero-order chi connectivity index (χ0) is 13.6. The first-order valence-corrected chi connectivity index (χ1v) is 6.27. The summed E-state index contributed by atoms with van der Waals surface area (Å²) in [7, 11) is 0. The lowest BCUT2D eigenvalue weighted by molar-refractivity contribution is -0.115. The van der Waals surface area contributed by atoms with Crippen molar-refractivity contribution >= 4 is 6.41 Å². The van der Waals surface area contributed by atoms with Crippen LogP contribution in [0.15, 0.2) is 60.4 Å². The molecule has 1 amide bonds. The Hall–Kier alpha value is -1.83. The highest BCUT2D eigenvalue weighted by Gasteiger charge is 1.97. The smallest absolute Gasteiger partial charge is 0.213 e. The maximum absolute atomic E-state index is 10.9. The average Bonchev–Trinajstić information content (AvgIpc) is 2.40. The SMILES string of the molecule is C\C=C/C=C\C(=C/C)CN(C=O)/C=C\C=C/CC. The van der Waals surface area contributed by atoms with Gasteiger partial charge in [0.05, 0.1) is 0 Å². The minimum absolute atomic E-state index is 0.588. The molecular formula is C16H23NO. The van der Waals surface area contributed by atoms with Crippen molar-refractivity contribution in [3.63, 3.8) is 0 Å². The molecule has 0 spiro atoms. The van der Waals surface area contributed by atoms with E-state index in [0.717, 1.165) is 18.4 Å². The van der Waals surface area contributed by atoms with Crippen molar-refractivity contribution in [2.45, 2.75) is 27.2 Å². The van der Waals surface area contributed by atoms with E-state index in [0.29, 0.717) is 6.54 Å². The van der Waals surface area contributed by atoms with Crippen LogP contribution in [0.2, 0.25) is 0 Å². The minimum Gasteiger partial charge on any atom is -0.317 e. The van der Waals surface area contributed by atoms with Crippen molar-refractivity contribution in [2.75, 3.05) is 6.54 Å². The van der Waals surface area contributed by atoms with E-state index in [-0.39, 0.29) is 0 Å². The lowest BCUT2D eigenvalue weighted by atomic mass is 10.2. The molecule has 0 saturated carbocycles. The van der Waals surface area contributed by atoms with Crippen LogP contribution in [0.3, 0.4) is 0 Å². The van der Waals surface area contributed by atoms with E-state index in [1.54, 1.807) is 11.1 Å². The third kappa shape index (κ3) is 8.34. The van der Waals surface area contributed by atoms with E-state index in [2.05, 4.69) is 6.92 Å². The second-order valence-electron chi connectivity index (χ2n) is 3.70. The molecule has 0 rings (SSSR count). The van der Waals surface area contributed by atoms with E-state index in [1.807, 2.05) is 62.5 Å². The van der Waals surface area contributed by atoms with E-state index < -0.39 is 0 Å². The zero-order valence-corrected chi connectivity index (χ0v) is 11.5. The summed E-state index contributed by atoms with van der Waals surface area (Å²) in [6.07, 6.45) is 19.4. The molecule has 0 aliphatic rings. The molecule has 0 heterocycles. The fourth-order valence-corrected chi connectivity index (χ4v) is 1.24. The van der Waals surface area contributed by atoms with Crippen molar-refractivity contribution < 1.29 is 4.79 Å². The second-order valence-corrected chi connectivity index (χ2v) is 3.70. The number of hydrogen-bond donors (Lipinski definition) is 0. The average molecular weight is 245 g/mol. The molecule has 0 unspecified atom stereocenters. The fourth-order valence-electron chi connectivity index (χ4n) is 1.24. The number of hydrogen-bond acceptors (Lipinski definition) is 1. The number of carbonyl (C=O) groups is 1. The number of nitrogens with zero attached hydrogens (tertiary/aromatic N) is 1. The van der Waals surface area contributed by atoms with Crippen LogP contribution in [0.25, 0.3) is 0 Å². The van der Waals surface area contributed by atoms with Crippen LogP contribution in [0.1, 0.15) is 27.2 Å². The van der Waals surface area contributed by atoms with Crippen molar-refractivity contribution in [2.24, 2.45) is 0 Å². The molecule has 0 aromatic carbocycles. The number of rotatable bonds is 8. The lowest BCUT2D eigenvalue weighted by Gasteiger charge is -2.12. The Bertz CT molecular complexity index is 359. The van der Waals surface area contributed by atoms with Gasteiger partial charge in [0, 0.05) is 12.7 Å². The molecule has 2 heteroatoms. The topological polar surface area (TPSA) is 20.3 Å². The lowest BCUT2D eigenvalue weighted by Crippen LogP contribution is -2.17. The number of amides is 1. The maximum atomic E-state index is 10.9. The van der Waals surface area contributed by atoms with Gasteiger partial charge >= 0.3 is 0 Å². The van der Waals surface area contributed by atoms with Gasteiger partial charge in [-0.15, -0.1) is 0 Å². The third-order valence-corrected chi connectivity index (χ3v) is 2.25. The standard InChI is InChI=1S/C16H23NO/c1-4-7-9-11-13-17(15-18)14-16(6-3)12-10-8-5-2/h5-13,15H,4,14H2,1-3H3/b8-5-,9-7-,12-10-,13-11-,16-6+. The normalized spacial score (nSPS) is 13.4. The minimum atomic E-state index is 0.588. The summed E-state index contributed by atoms with van der Waals surface area (Å²) >= 11 is 0. The summed E-state index contributed by atoms with van der Waals surface area (Å²) in [6, 6.07) is 0. The van der Waals surface area contributed by atoms with Crippen LogP contribution in [0.5, 0.6) is 0 Å². The molecule has 18 heavy (non-hydrogen) atoms. The van der Waals surface area contributed by atoms with Crippen molar-refractivity contribution in [1.82, 2.24) is 4.90 Å². The number of carbonyl (C=O) groups excluding carboxylic acids is 1. The Morgan fingerprint density at radius 2 is 1.89 bits per heavy atom. The number of allylic oxidation sites excluding steroid dienone is 7. The molecule has 98 valence electrons. The van der Waals surface area contributed by atoms with Gasteiger partial charge in [-0.25, -0.2) is 0 Å². The van der Waals surface area contributed by atoms with Crippen LogP contribution in [-0.2, 0) is 4.79 Å². The molecule has 0 aliphatic heterocycles. The molecule has 0 saturated heterocycles. The van der Waals surface area contributed by atoms with E-state index in [1.165, 1.54) is 0 Å². The first-order chi connectivity index (χ1) is 8.78. The van der Waals surface area contributed by atoms with Gasteiger partial charge in [0.2, 0.25) is 6.41 Å². The van der Waals surface area contributed by atoms with Gasteiger partial charge in [-0.1, -0.05) is 49.5 Å². The van der Waals surface area contributed by atoms with Gasteiger partial charge in [-0.3, -0.25) is 4.79 Å². The summed E-state index contributed by atoms with van der Waals surface area (Å²) in [4.78, 5) is 12.6. The molecule has 2 nitrogen and oxygen atoms in total. The van der Waals surface area contributed by atoms with Crippen molar-refractivity contribution in [3.8, 4) is 0 Å². The van der Waals surface area contributed by atoms with Gasteiger partial charge in [0.25, 0.3) is 0 Å². The Morgan fingerprint density at radius 3 is 2.44 bits per heavy atom. The summed E-state index contributed by atoms with van der Waals surface area (Å²) in [5.41, 5.74) is 1.10. The predicted octanol–water partition coefficient (Wildman–Crippen LogP) is 4.00. The van der Waals surface area contributed by atoms with Crippen LogP contribution >= 0.6 is 0 Å². The molecule has 0 aromatic rings. The van der Waals surface area contributed by atoms with E-state index in [4.69, 9.17) is 0 Å². The highest BCUT2D eigenvalue weighted by atomic mass is 16.1. The quantitative estimate of drug-likeness (QED) is 0.467. The maximum Gasteiger partial charge on any atom is 0.213 e. The highest BCUT2D eigenvalue weighted by Crippen LogP contribution is 2.01. The van der Waals surface area contributed by atoms with E-state index >= 15 is 0 Å². The molecule has 0 aliphatic carbocycles. The third-order valence-electron chi connectivity index (χ3n) is 2.25. The van der Waals surface area contributed by atoms with Gasteiger partial charge in [-0.05, 0) is 31.9 Å². The first kappa shape index (κ1) is 16.2. The second kappa shape index (κ2) is 11.6. The van der Waals surface area contributed by atoms with Crippen molar-refractivity contribution in [1.29, 1.82) is 0 Å². The molecule has 0 N–H and O–H groups in total. The Kier molecular flexibility index (Phi) is 10.5. The summed E-state index contributed by atoms with van der Waals surface area (Å²) in [6.45, 7) is 6.61. The van der Waals surface area contributed by atoms with Crippen molar-refractivity contribution in [3.05, 3.63) is 60.4 Å². The highest BCUT2D eigenvalue weighted by molar-refractivity contribution is 5.50. The Labute approximate surface area is 111 Å². The van der Waals surface area contributed by atoms with E-state index in [9.17, 15) is 4.79 Å². The summed E-state index contributed by atoms with van der Waals surface area (Å²) < 4.78 is 0. The monoisotopic (exact) mass is 245 g/mol. The molecule has 0 aromatic heterocycles. The van der Waals surface area contributed by atoms with Gasteiger partial charge in [0.1, 0.15) is 0 Å². The Morgan fingerprint density at radius 1 is 1.11 bits per heavy atom. The van der Waals surface area contributed by atoms with Gasteiger partial charge in [0.15, 0.2) is 0 Å². The fraction of sp³-hybridized carbons (Fsp3) is 0.312. The predicted molar refractivity (Wildman–Crippen MR) is 79.1 cm³/mol. The zero-order valence-electron chi connectivity index (χ0n) is 11.5. The molecule has 0 bridgehead atoms. The molecule has 0 radical (unpaired) electrons. The van der Waals surface area contributed by atoms with Crippen LogP contribution in [0.4, 0.5) is 0 Å². The van der Waals surface area contributed by atoms with Gasteiger partial charge < -0.3 is 4.90 Å². The summed E-state index contributed by atoms with van der Waals surface area (Å²) in [5, 5.41) is 0. The van der Waals surface area contributed by atoms with Crippen LogP contribution < -0.4 is 0 Å².